The van der Waals surface area contributed by atoms with E-state index in [-0.39, 0.29) is 11.6 Å². The summed E-state index contributed by atoms with van der Waals surface area (Å²) in [6.45, 7) is 10.1. The van der Waals surface area contributed by atoms with E-state index < -0.39 is 12.1 Å². The van der Waals surface area contributed by atoms with Crippen molar-refractivity contribution in [2.75, 3.05) is 36.4 Å². The number of anilines is 3. The molecule has 1 aliphatic heterocycles. The van der Waals surface area contributed by atoms with Crippen LogP contribution >= 0.6 is 0 Å². The fourth-order valence-electron chi connectivity index (χ4n) is 3.84. The van der Waals surface area contributed by atoms with Gasteiger partial charge in [0.25, 0.3) is 5.56 Å². The van der Waals surface area contributed by atoms with Crippen LogP contribution in [0, 0.1) is 0 Å². The van der Waals surface area contributed by atoms with Crippen molar-refractivity contribution in [2.45, 2.75) is 39.4 Å². The van der Waals surface area contributed by atoms with Gasteiger partial charge in [-0.1, -0.05) is 6.92 Å². The van der Waals surface area contributed by atoms with Crippen LogP contribution in [0.1, 0.15) is 32.4 Å². The van der Waals surface area contributed by atoms with E-state index >= 15 is 0 Å². The molecule has 36 heavy (non-hydrogen) atoms. The second-order valence-electron chi connectivity index (χ2n) is 8.47. The van der Waals surface area contributed by atoms with E-state index in [2.05, 4.69) is 32.7 Å². The van der Waals surface area contributed by atoms with Crippen LogP contribution in [0.5, 0.6) is 0 Å². The molecule has 0 amide bonds. The third-order valence-electron chi connectivity index (χ3n) is 5.62. The fraction of sp³-hybridized carbons (Fsp3) is 0.417. The molecule has 3 heterocycles. The van der Waals surface area contributed by atoms with Crippen molar-refractivity contribution in [2.24, 2.45) is 0 Å². The number of benzene rings is 1. The highest BCUT2D eigenvalue weighted by atomic mass is 19.4. The smallest absolute Gasteiger partial charge is 0.475 e. The zero-order valence-corrected chi connectivity index (χ0v) is 20.3. The predicted octanol–water partition coefficient (Wildman–Crippen LogP) is 3.72. The Labute approximate surface area is 206 Å². The average Bonchev–Trinajstić information content (AvgIpc) is 2.84. The van der Waals surface area contributed by atoms with E-state index in [9.17, 15) is 18.0 Å². The molecular formula is C24H29F3N6O3. The van der Waals surface area contributed by atoms with Crippen molar-refractivity contribution >= 4 is 34.3 Å². The number of hydrogen-bond acceptors (Lipinski definition) is 7. The lowest BCUT2D eigenvalue weighted by Crippen LogP contribution is -2.43. The lowest BCUT2D eigenvalue weighted by molar-refractivity contribution is -0.192. The molecule has 194 valence electrons. The summed E-state index contributed by atoms with van der Waals surface area (Å²) in [6.07, 6.45) is -2.49. The van der Waals surface area contributed by atoms with Crippen LogP contribution in [0.4, 0.5) is 30.5 Å². The second-order valence-corrected chi connectivity index (χ2v) is 8.47. The molecule has 4 rings (SSSR count). The Morgan fingerprint density at radius 3 is 2.33 bits per heavy atom. The Kier molecular flexibility index (Phi) is 8.51. The van der Waals surface area contributed by atoms with Gasteiger partial charge >= 0.3 is 12.1 Å². The summed E-state index contributed by atoms with van der Waals surface area (Å²) in [4.78, 5) is 33.0. The molecule has 3 N–H and O–H groups in total. The van der Waals surface area contributed by atoms with E-state index in [0.29, 0.717) is 11.6 Å². The zero-order valence-electron chi connectivity index (χ0n) is 20.3. The molecular weight excluding hydrogens is 477 g/mol. The van der Waals surface area contributed by atoms with Gasteiger partial charge in [-0.05, 0) is 50.1 Å². The van der Waals surface area contributed by atoms with Crippen molar-refractivity contribution in [3.05, 3.63) is 52.4 Å². The fourth-order valence-corrected chi connectivity index (χ4v) is 3.84. The number of piperazine rings is 1. The maximum absolute atomic E-state index is 12.6. The Bertz CT molecular complexity index is 1250. The summed E-state index contributed by atoms with van der Waals surface area (Å²) >= 11 is 0. The molecule has 1 saturated heterocycles. The molecule has 2 aromatic heterocycles. The first kappa shape index (κ1) is 26.9. The maximum atomic E-state index is 12.6. The van der Waals surface area contributed by atoms with E-state index in [1.807, 2.05) is 39.1 Å². The Balaban J connectivity index is 0.000000454. The van der Waals surface area contributed by atoms with Gasteiger partial charge in [0.1, 0.15) is 5.65 Å². The normalized spacial score (nSPS) is 13.9. The van der Waals surface area contributed by atoms with Crippen LogP contribution in [0.25, 0.3) is 11.0 Å². The molecule has 1 fully saturated rings. The maximum Gasteiger partial charge on any atom is 0.490 e. The summed E-state index contributed by atoms with van der Waals surface area (Å²) < 4.78 is 33.5. The number of hydrogen-bond donors (Lipinski definition) is 3. The Morgan fingerprint density at radius 1 is 1.19 bits per heavy atom. The SMILES string of the molecule is CCc1cc(=O)n(C(C)C)c2nc(Nc3ccc(N4CCNCC4)cc3)ncc12.O=C(O)C(F)(F)F. The van der Waals surface area contributed by atoms with E-state index in [0.717, 1.165) is 49.2 Å². The van der Waals surface area contributed by atoms with Crippen LogP contribution in [0.2, 0.25) is 0 Å². The largest absolute Gasteiger partial charge is 0.490 e. The van der Waals surface area contributed by atoms with Crippen LogP contribution in [-0.2, 0) is 11.2 Å². The molecule has 0 atom stereocenters. The molecule has 0 spiro atoms. The summed E-state index contributed by atoms with van der Waals surface area (Å²) in [7, 11) is 0. The summed E-state index contributed by atoms with van der Waals surface area (Å²) in [5.74, 6) is -2.26. The van der Waals surface area contributed by atoms with Gasteiger partial charge in [-0.2, -0.15) is 18.2 Å². The lowest BCUT2D eigenvalue weighted by Gasteiger charge is -2.29. The molecule has 9 nitrogen and oxygen atoms in total. The zero-order chi connectivity index (χ0) is 26.5. The minimum atomic E-state index is -5.08. The Hall–Kier alpha value is -3.67. The highest BCUT2D eigenvalue weighted by molar-refractivity contribution is 5.80. The quantitative estimate of drug-likeness (QED) is 0.480. The van der Waals surface area contributed by atoms with Crippen LogP contribution in [0.15, 0.2) is 41.3 Å². The molecule has 3 aromatic rings. The van der Waals surface area contributed by atoms with E-state index in [1.54, 1.807) is 10.6 Å². The number of carbonyl (C=O) groups is 1. The molecule has 0 unspecified atom stereocenters. The number of nitrogens with zero attached hydrogens (tertiary/aromatic N) is 4. The first-order chi connectivity index (χ1) is 17.0. The van der Waals surface area contributed by atoms with Crippen molar-refractivity contribution in [1.82, 2.24) is 19.9 Å². The van der Waals surface area contributed by atoms with Crippen LogP contribution in [-0.4, -0.2) is 58.0 Å². The van der Waals surface area contributed by atoms with Gasteiger partial charge in [0, 0.05) is 61.2 Å². The highest BCUT2D eigenvalue weighted by Crippen LogP contribution is 2.23. The predicted molar refractivity (Wildman–Crippen MR) is 132 cm³/mol. The minimum absolute atomic E-state index is 0.0191. The number of fused-ring (bicyclic) bond motifs is 1. The van der Waals surface area contributed by atoms with E-state index in [4.69, 9.17) is 14.9 Å². The number of halogens is 3. The van der Waals surface area contributed by atoms with Gasteiger partial charge in [0.05, 0.1) is 0 Å². The lowest BCUT2D eigenvalue weighted by atomic mass is 10.1. The Morgan fingerprint density at radius 2 is 1.81 bits per heavy atom. The van der Waals surface area contributed by atoms with Crippen molar-refractivity contribution in [3.8, 4) is 0 Å². The topological polar surface area (TPSA) is 112 Å². The molecule has 1 aliphatic rings. The second kappa shape index (κ2) is 11.4. The van der Waals surface area contributed by atoms with Crippen molar-refractivity contribution < 1.29 is 23.1 Å². The number of aliphatic carboxylic acids is 1. The molecule has 0 saturated carbocycles. The number of carboxylic acids is 1. The van der Waals surface area contributed by atoms with E-state index in [1.165, 1.54) is 5.69 Å². The molecule has 0 bridgehead atoms. The average molecular weight is 507 g/mol. The number of pyridine rings is 1. The number of carboxylic acid groups (broad SMARTS) is 1. The van der Waals surface area contributed by atoms with Gasteiger partial charge in [-0.3, -0.25) is 9.36 Å². The van der Waals surface area contributed by atoms with Crippen LogP contribution < -0.4 is 21.1 Å². The van der Waals surface area contributed by atoms with Gasteiger partial charge in [-0.15, -0.1) is 0 Å². The summed E-state index contributed by atoms with van der Waals surface area (Å²) in [6, 6.07) is 10.1. The summed E-state index contributed by atoms with van der Waals surface area (Å²) in [5.41, 5.74) is 3.79. The first-order valence-electron chi connectivity index (χ1n) is 11.5. The molecule has 0 radical (unpaired) electrons. The number of rotatable bonds is 5. The van der Waals surface area contributed by atoms with Gasteiger partial charge in [-0.25, -0.2) is 9.78 Å². The number of alkyl halides is 3. The van der Waals surface area contributed by atoms with Gasteiger partial charge < -0.3 is 20.6 Å². The number of aryl methyl sites for hydroxylation is 1. The standard InChI is InChI=1S/C22H28N6O.C2HF3O2/c1-4-16-13-20(29)28(15(2)3)21-19(16)14-24-22(26-21)25-17-5-7-18(8-6-17)27-11-9-23-10-12-27;3-2(4,5)1(6)7/h5-8,13-15,23H,4,9-12H2,1-3H3,(H,24,25,26);(H,6,7). The van der Waals surface area contributed by atoms with Crippen molar-refractivity contribution in [1.29, 1.82) is 0 Å². The number of aromatic nitrogens is 3. The summed E-state index contributed by atoms with van der Waals surface area (Å²) in [5, 5.41) is 14.7. The molecule has 12 heteroatoms. The molecule has 0 aliphatic carbocycles. The third-order valence-corrected chi connectivity index (χ3v) is 5.62. The van der Waals surface area contributed by atoms with Crippen LogP contribution in [0.3, 0.4) is 0 Å². The number of nitrogens with one attached hydrogen (secondary N) is 2. The highest BCUT2D eigenvalue weighted by Gasteiger charge is 2.38. The first-order valence-corrected chi connectivity index (χ1v) is 11.5. The van der Waals surface area contributed by atoms with Gasteiger partial charge in [0.15, 0.2) is 0 Å². The third kappa shape index (κ3) is 6.51. The minimum Gasteiger partial charge on any atom is -0.475 e. The van der Waals surface area contributed by atoms with Crippen molar-refractivity contribution in [3.63, 3.8) is 0 Å². The van der Waals surface area contributed by atoms with Gasteiger partial charge in [0.2, 0.25) is 5.95 Å². The molecule has 1 aromatic carbocycles. The monoisotopic (exact) mass is 506 g/mol.